The number of nitrogen functional groups attached to an aromatic ring is 1. The number of aromatic nitrogens is 1. The highest BCUT2D eigenvalue weighted by Crippen LogP contribution is 2.37. The van der Waals surface area contributed by atoms with Crippen molar-refractivity contribution in [2.75, 3.05) is 25.2 Å². The molecule has 1 aliphatic rings. The number of nitrogens with two attached hydrogens (primary N) is 1. The highest BCUT2D eigenvalue weighted by molar-refractivity contribution is 6.07. The van der Waals surface area contributed by atoms with Crippen molar-refractivity contribution in [3.05, 3.63) is 36.0 Å². The molecule has 1 heterocycles. The fourth-order valence-electron chi connectivity index (χ4n) is 2.69. The summed E-state index contributed by atoms with van der Waals surface area (Å²) in [5.41, 5.74) is 8.44. The molecular weight excluding hydrogens is 264 g/mol. The first-order chi connectivity index (χ1) is 10.2. The molecule has 0 radical (unpaired) electrons. The standard InChI is InChI=1S/C16H20N4O/c1-21-9-8-20(11-6-7-11)15-12-4-2-3-5-14(12)19-10-13(15)16(17)18/h2-5,10-11H,6-9H2,1H3,(H3,17,18). The zero-order chi connectivity index (χ0) is 14.8. The number of pyridine rings is 1. The third-order valence-electron chi connectivity index (χ3n) is 3.85. The van der Waals surface area contributed by atoms with Crippen molar-refractivity contribution in [2.45, 2.75) is 18.9 Å². The molecular formula is C16H20N4O. The zero-order valence-corrected chi connectivity index (χ0v) is 12.2. The van der Waals surface area contributed by atoms with E-state index in [9.17, 15) is 0 Å². The number of anilines is 1. The molecule has 1 aliphatic carbocycles. The second-order valence-corrected chi connectivity index (χ2v) is 5.37. The van der Waals surface area contributed by atoms with Crippen LogP contribution < -0.4 is 10.6 Å². The van der Waals surface area contributed by atoms with Crippen molar-refractivity contribution in [1.29, 1.82) is 5.41 Å². The van der Waals surface area contributed by atoms with Gasteiger partial charge in [-0.2, -0.15) is 0 Å². The molecule has 0 aliphatic heterocycles. The van der Waals surface area contributed by atoms with Crippen molar-refractivity contribution in [1.82, 2.24) is 4.98 Å². The van der Waals surface area contributed by atoms with Crippen LogP contribution in [0.3, 0.4) is 0 Å². The first-order valence-electron chi connectivity index (χ1n) is 7.20. The van der Waals surface area contributed by atoms with Crippen LogP contribution in [-0.4, -0.2) is 37.1 Å². The van der Waals surface area contributed by atoms with E-state index in [1.54, 1.807) is 13.3 Å². The van der Waals surface area contributed by atoms with Gasteiger partial charge in [-0.05, 0) is 18.9 Å². The highest BCUT2D eigenvalue weighted by atomic mass is 16.5. The maximum atomic E-state index is 7.86. The summed E-state index contributed by atoms with van der Waals surface area (Å²) in [5, 5.41) is 8.91. The van der Waals surface area contributed by atoms with E-state index in [0.29, 0.717) is 18.2 Å². The molecule has 3 N–H and O–H groups in total. The number of amidine groups is 1. The highest BCUT2D eigenvalue weighted by Gasteiger charge is 2.31. The summed E-state index contributed by atoms with van der Waals surface area (Å²) in [6.07, 6.45) is 4.07. The van der Waals surface area contributed by atoms with E-state index in [2.05, 4.69) is 9.88 Å². The number of ether oxygens (including phenoxy) is 1. The van der Waals surface area contributed by atoms with Crippen molar-refractivity contribution < 1.29 is 4.74 Å². The Morgan fingerprint density at radius 2 is 2.19 bits per heavy atom. The first-order valence-corrected chi connectivity index (χ1v) is 7.20. The number of nitrogens with one attached hydrogen (secondary N) is 1. The zero-order valence-electron chi connectivity index (χ0n) is 12.2. The lowest BCUT2D eigenvalue weighted by Crippen LogP contribution is -2.32. The Labute approximate surface area is 124 Å². The number of fused-ring (bicyclic) bond motifs is 1. The van der Waals surface area contributed by atoms with E-state index < -0.39 is 0 Å². The summed E-state index contributed by atoms with van der Waals surface area (Å²) in [7, 11) is 1.71. The molecule has 1 fully saturated rings. The summed E-state index contributed by atoms with van der Waals surface area (Å²) in [5.74, 6) is 0.0614. The van der Waals surface area contributed by atoms with Crippen molar-refractivity contribution in [2.24, 2.45) is 5.73 Å². The topological polar surface area (TPSA) is 75.2 Å². The Morgan fingerprint density at radius 1 is 1.43 bits per heavy atom. The molecule has 110 valence electrons. The van der Waals surface area contributed by atoms with Crippen LogP contribution in [0.15, 0.2) is 30.5 Å². The molecule has 0 unspecified atom stereocenters. The minimum Gasteiger partial charge on any atom is -0.384 e. The molecule has 1 aromatic heterocycles. The van der Waals surface area contributed by atoms with Gasteiger partial charge >= 0.3 is 0 Å². The van der Waals surface area contributed by atoms with E-state index in [0.717, 1.165) is 23.1 Å². The van der Waals surface area contributed by atoms with Crippen LogP contribution >= 0.6 is 0 Å². The minimum atomic E-state index is 0.0614. The second kappa shape index (κ2) is 5.69. The number of benzene rings is 1. The maximum absolute atomic E-state index is 7.86. The maximum Gasteiger partial charge on any atom is 0.126 e. The van der Waals surface area contributed by atoms with E-state index >= 15 is 0 Å². The van der Waals surface area contributed by atoms with Gasteiger partial charge in [-0.3, -0.25) is 10.4 Å². The average Bonchev–Trinajstić information content (AvgIpc) is 3.32. The minimum absolute atomic E-state index is 0.0614. The molecule has 0 bridgehead atoms. The van der Waals surface area contributed by atoms with Gasteiger partial charge in [-0.25, -0.2) is 0 Å². The van der Waals surface area contributed by atoms with Gasteiger partial charge in [0.1, 0.15) is 5.84 Å². The Hall–Kier alpha value is -2.14. The lowest BCUT2D eigenvalue weighted by molar-refractivity contribution is 0.205. The van der Waals surface area contributed by atoms with E-state index in [1.165, 1.54) is 12.8 Å². The summed E-state index contributed by atoms with van der Waals surface area (Å²) < 4.78 is 5.24. The lowest BCUT2D eigenvalue weighted by atomic mass is 10.1. The van der Waals surface area contributed by atoms with E-state index in [1.807, 2.05) is 24.3 Å². The smallest absolute Gasteiger partial charge is 0.126 e. The molecule has 0 saturated heterocycles. The van der Waals surface area contributed by atoms with Gasteiger partial charge < -0.3 is 15.4 Å². The van der Waals surface area contributed by atoms with Crippen LogP contribution in [0.2, 0.25) is 0 Å². The van der Waals surface area contributed by atoms with Crippen LogP contribution in [0.1, 0.15) is 18.4 Å². The Kier molecular flexibility index (Phi) is 3.75. The summed E-state index contributed by atoms with van der Waals surface area (Å²) in [4.78, 5) is 6.75. The normalized spacial score (nSPS) is 14.3. The SMILES string of the molecule is COCCN(c1c(C(=N)N)cnc2ccccc12)C1CC1. The quantitative estimate of drug-likeness (QED) is 0.629. The van der Waals surface area contributed by atoms with Crippen molar-refractivity contribution in [3.8, 4) is 0 Å². The van der Waals surface area contributed by atoms with Gasteiger partial charge in [0.2, 0.25) is 0 Å². The van der Waals surface area contributed by atoms with E-state index in [-0.39, 0.29) is 5.84 Å². The molecule has 1 saturated carbocycles. The van der Waals surface area contributed by atoms with Gasteiger partial charge in [0.25, 0.3) is 0 Å². The molecule has 21 heavy (non-hydrogen) atoms. The molecule has 0 atom stereocenters. The number of rotatable bonds is 6. The summed E-state index contributed by atoms with van der Waals surface area (Å²) in [6.45, 7) is 1.46. The molecule has 5 heteroatoms. The number of hydrogen-bond acceptors (Lipinski definition) is 4. The molecule has 5 nitrogen and oxygen atoms in total. The molecule has 0 spiro atoms. The summed E-state index contributed by atoms with van der Waals surface area (Å²) in [6, 6.07) is 8.53. The predicted octanol–water partition coefficient (Wildman–Crippen LogP) is 2.13. The number of hydrogen-bond donors (Lipinski definition) is 2. The van der Waals surface area contributed by atoms with Gasteiger partial charge in [-0.15, -0.1) is 0 Å². The lowest BCUT2D eigenvalue weighted by Gasteiger charge is -2.28. The fourth-order valence-corrected chi connectivity index (χ4v) is 2.69. The van der Waals surface area contributed by atoms with E-state index in [4.69, 9.17) is 15.9 Å². The van der Waals surface area contributed by atoms with Crippen molar-refractivity contribution in [3.63, 3.8) is 0 Å². The Morgan fingerprint density at radius 3 is 2.86 bits per heavy atom. The molecule has 0 amide bonds. The van der Waals surface area contributed by atoms with Gasteiger partial charge in [0.05, 0.1) is 23.4 Å². The van der Waals surface area contributed by atoms with Crippen LogP contribution in [-0.2, 0) is 4.74 Å². The molecule has 3 rings (SSSR count). The predicted molar refractivity (Wildman–Crippen MR) is 85.0 cm³/mol. The van der Waals surface area contributed by atoms with Gasteiger partial charge in [0, 0.05) is 31.3 Å². The van der Waals surface area contributed by atoms with Crippen LogP contribution in [0.5, 0.6) is 0 Å². The number of nitrogens with zero attached hydrogens (tertiary/aromatic N) is 2. The third-order valence-corrected chi connectivity index (χ3v) is 3.85. The average molecular weight is 284 g/mol. The Bertz CT molecular complexity index is 666. The fraction of sp³-hybridized carbons (Fsp3) is 0.375. The molecule has 1 aromatic carbocycles. The molecule has 2 aromatic rings. The monoisotopic (exact) mass is 284 g/mol. The Balaban J connectivity index is 2.16. The van der Waals surface area contributed by atoms with Gasteiger partial charge in [0.15, 0.2) is 0 Å². The summed E-state index contributed by atoms with van der Waals surface area (Å²) >= 11 is 0. The van der Waals surface area contributed by atoms with Gasteiger partial charge in [-0.1, -0.05) is 18.2 Å². The van der Waals surface area contributed by atoms with Crippen LogP contribution in [0.4, 0.5) is 5.69 Å². The number of para-hydroxylation sites is 1. The van der Waals surface area contributed by atoms with Crippen LogP contribution in [0.25, 0.3) is 10.9 Å². The third kappa shape index (κ3) is 2.69. The largest absolute Gasteiger partial charge is 0.384 e. The van der Waals surface area contributed by atoms with Crippen LogP contribution in [0, 0.1) is 5.41 Å². The number of methoxy groups -OCH3 is 1. The first kappa shape index (κ1) is 13.8. The van der Waals surface area contributed by atoms with Crippen molar-refractivity contribution >= 4 is 22.4 Å². The second-order valence-electron chi connectivity index (χ2n) is 5.37.